The van der Waals surface area contributed by atoms with Crippen molar-refractivity contribution in [2.45, 2.75) is 50.8 Å². The summed E-state index contributed by atoms with van der Waals surface area (Å²) >= 11 is 0. The summed E-state index contributed by atoms with van der Waals surface area (Å²) in [4.78, 5) is 33.8. The number of piperidine rings is 1. The zero-order chi connectivity index (χ0) is 29.8. The molecule has 2 saturated heterocycles. The Bertz CT molecular complexity index is 1180. The quantitative estimate of drug-likeness (QED) is 0.472. The first-order chi connectivity index (χ1) is 19.3. The van der Waals surface area contributed by atoms with Gasteiger partial charge in [-0.1, -0.05) is 36.4 Å². The molecular weight excluding hydrogens is 533 g/mol. The number of para-hydroxylation sites is 1. The predicted molar refractivity (Wildman–Crippen MR) is 153 cm³/mol. The van der Waals surface area contributed by atoms with E-state index in [-0.39, 0.29) is 12.5 Å². The van der Waals surface area contributed by atoms with Crippen molar-refractivity contribution in [3.05, 3.63) is 65.7 Å². The lowest BCUT2D eigenvalue weighted by Crippen LogP contribution is -2.54. The first-order valence-corrected chi connectivity index (χ1v) is 14.2. The van der Waals surface area contributed by atoms with Crippen LogP contribution in [0.1, 0.15) is 44.7 Å². The summed E-state index contributed by atoms with van der Waals surface area (Å²) in [7, 11) is 1.61. The largest absolute Gasteiger partial charge is 0.444 e. The number of carbonyl (C=O) groups excluding carboxylic acids is 2. The van der Waals surface area contributed by atoms with E-state index in [2.05, 4.69) is 21.9 Å². The average molecular weight is 575 g/mol. The fourth-order valence-corrected chi connectivity index (χ4v) is 5.70. The highest BCUT2D eigenvalue weighted by Gasteiger charge is 2.41. The summed E-state index contributed by atoms with van der Waals surface area (Å²) in [5, 5.41) is 0. The highest BCUT2D eigenvalue weighted by molar-refractivity contribution is 5.78. The lowest BCUT2D eigenvalue weighted by molar-refractivity contribution is -0.137. The highest BCUT2D eigenvalue weighted by Crippen LogP contribution is 2.39. The molecule has 0 aromatic heterocycles. The molecule has 0 N–H and O–H groups in total. The highest BCUT2D eigenvalue weighted by atomic mass is 19.4. The predicted octanol–water partition coefficient (Wildman–Crippen LogP) is 5.25. The standard InChI is InChI=1S/C31H41F3N4O3/c1-29(2,3)41-28(40)35(4)23-30(24-9-8-10-25(21-24)31(32,33)34)13-15-38(16-14-30)27(39)22-36-17-19-37(20-18-36)26-11-6-5-7-12-26/h5-12,21H,13-20,22-23H2,1-4H3. The number of likely N-dealkylation sites (tertiary alicyclic amines) is 1. The van der Waals surface area contributed by atoms with E-state index in [1.54, 1.807) is 33.9 Å². The van der Waals surface area contributed by atoms with Gasteiger partial charge in [0.2, 0.25) is 5.91 Å². The Morgan fingerprint density at radius 1 is 0.902 bits per heavy atom. The van der Waals surface area contributed by atoms with Crippen LogP contribution in [0, 0.1) is 0 Å². The molecule has 0 radical (unpaired) electrons. The van der Waals surface area contributed by atoms with Crippen LogP contribution in [-0.4, -0.2) is 91.7 Å². The minimum atomic E-state index is -4.48. The van der Waals surface area contributed by atoms with Crippen LogP contribution < -0.4 is 4.90 Å². The number of amides is 2. The van der Waals surface area contributed by atoms with Gasteiger partial charge in [0.25, 0.3) is 0 Å². The van der Waals surface area contributed by atoms with E-state index in [1.165, 1.54) is 22.7 Å². The molecule has 2 heterocycles. The Morgan fingerprint density at radius 2 is 1.54 bits per heavy atom. The second kappa shape index (κ2) is 12.3. The Labute approximate surface area is 240 Å². The molecule has 7 nitrogen and oxygen atoms in total. The van der Waals surface area contributed by atoms with Crippen LogP contribution in [0.3, 0.4) is 0 Å². The molecule has 4 rings (SSSR count). The molecule has 10 heteroatoms. The van der Waals surface area contributed by atoms with E-state index in [0.29, 0.717) is 38.0 Å². The summed E-state index contributed by atoms with van der Waals surface area (Å²) in [6, 6.07) is 15.6. The summed E-state index contributed by atoms with van der Waals surface area (Å²) in [5.41, 5.74) is -0.465. The molecule has 0 bridgehead atoms. The first kappa shape index (κ1) is 30.7. The number of likely N-dealkylation sites (N-methyl/N-ethyl adjacent to an activating group) is 1. The second-order valence-electron chi connectivity index (χ2n) is 12.2. The summed E-state index contributed by atoms with van der Waals surface area (Å²) in [6.45, 7) is 9.87. The Kier molecular flexibility index (Phi) is 9.21. The average Bonchev–Trinajstić information content (AvgIpc) is 2.93. The van der Waals surface area contributed by atoms with Crippen LogP contribution in [0.4, 0.5) is 23.7 Å². The number of rotatable bonds is 6. The van der Waals surface area contributed by atoms with Gasteiger partial charge in [0.05, 0.1) is 12.1 Å². The molecular formula is C31H41F3N4O3. The van der Waals surface area contributed by atoms with Crippen LogP contribution in [0.15, 0.2) is 54.6 Å². The van der Waals surface area contributed by atoms with Crippen LogP contribution in [0.5, 0.6) is 0 Å². The second-order valence-corrected chi connectivity index (χ2v) is 12.2. The van der Waals surface area contributed by atoms with Gasteiger partial charge < -0.3 is 19.4 Å². The van der Waals surface area contributed by atoms with Gasteiger partial charge in [-0.25, -0.2) is 4.79 Å². The summed E-state index contributed by atoms with van der Waals surface area (Å²) < 4.78 is 46.3. The van der Waals surface area contributed by atoms with Crippen molar-refractivity contribution >= 4 is 17.7 Å². The number of ether oxygens (including phenoxy) is 1. The number of halogens is 3. The number of piperazine rings is 1. The van der Waals surface area contributed by atoms with Gasteiger partial charge in [0.15, 0.2) is 0 Å². The number of benzene rings is 2. The molecule has 2 aliphatic heterocycles. The fourth-order valence-electron chi connectivity index (χ4n) is 5.70. The monoisotopic (exact) mass is 574 g/mol. The molecule has 2 amide bonds. The molecule has 224 valence electrons. The van der Waals surface area contributed by atoms with Gasteiger partial charge in [-0.3, -0.25) is 9.69 Å². The number of alkyl halides is 3. The van der Waals surface area contributed by atoms with E-state index in [0.717, 1.165) is 32.2 Å². The third kappa shape index (κ3) is 7.93. The van der Waals surface area contributed by atoms with E-state index >= 15 is 0 Å². The van der Waals surface area contributed by atoms with Crippen molar-refractivity contribution in [3.63, 3.8) is 0 Å². The summed E-state index contributed by atoms with van der Waals surface area (Å²) in [5.74, 6) is 0.0244. The molecule has 2 aromatic rings. The smallest absolute Gasteiger partial charge is 0.416 e. The van der Waals surface area contributed by atoms with E-state index in [1.807, 2.05) is 23.1 Å². The van der Waals surface area contributed by atoms with Gasteiger partial charge in [0.1, 0.15) is 5.60 Å². The molecule has 2 aliphatic rings. The first-order valence-electron chi connectivity index (χ1n) is 14.2. The molecule has 2 fully saturated rings. The number of carbonyl (C=O) groups is 2. The van der Waals surface area contributed by atoms with Gasteiger partial charge in [-0.2, -0.15) is 13.2 Å². The molecule has 2 aromatic carbocycles. The lowest BCUT2D eigenvalue weighted by Gasteiger charge is -2.45. The minimum Gasteiger partial charge on any atom is -0.444 e. The molecule has 0 unspecified atom stereocenters. The van der Waals surface area contributed by atoms with Gasteiger partial charge >= 0.3 is 12.3 Å². The Morgan fingerprint density at radius 3 is 2.12 bits per heavy atom. The third-order valence-electron chi connectivity index (χ3n) is 7.97. The van der Waals surface area contributed by atoms with Crippen molar-refractivity contribution in [2.75, 3.05) is 64.3 Å². The van der Waals surface area contributed by atoms with Crippen LogP contribution >= 0.6 is 0 Å². The van der Waals surface area contributed by atoms with Crippen LogP contribution in [0.25, 0.3) is 0 Å². The van der Waals surface area contributed by atoms with Crippen molar-refractivity contribution in [3.8, 4) is 0 Å². The maximum absolute atomic E-state index is 13.6. The van der Waals surface area contributed by atoms with Gasteiger partial charge in [-0.15, -0.1) is 0 Å². The molecule has 0 saturated carbocycles. The molecule has 0 atom stereocenters. The molecule has 0 aliphatic carbocycles. The minimum absolute atomic E-state index is 0.0244. The van der Waals surface area contributed by atoms with Crippen molar-refractivity contribution < 1.29 is 27.5 Å². The van der Waals surface area contributed by atoms with Crippen LogP contribution in [0.2, 0.25) is 0 Å². The van der Waals surface area contributed by atoms with E-state index in [9.17, 15) is 22.8 Å². The maximum Gasteiger partial charge on any atom is 0.416 e. The van der Waals surface area contributed by atoms with Gasteiger partial charge in [0, 0.05) is 64.0 Å². The number of hydrogen-bond donors (Lipinski definition) is 0. The third-order valence-corrected chi connectivity index (χ3v) is 7.97. The number of hydrogen-bond acceptors (Lipinski definition) is 5. The Hall–Kier alpha value is -3.27. The topological polar surface area (TPSA) is 56.3 Å². The fraction of sp³-hybridized carbons (Fsp3) is 0.548. The lowest BCUT2D eigenvalue weighted by atomic mass is 9.72. The zero-order valence-electron chi connectivity index (χ0n) is 24.4. The number of nitrogens with zero attached hydrogens (tertiary/aromatic N) is 4. The normalized spacial score (nSPS) is 18.2. The molecule has 41 heavy (non-hydrogen) atoms. The Balaban J connectivity index is 1.42. The SMILES string of the molecule is CN(CC1(c2cccc(C(F)(F)F)c2)CCN(C(=O)CN2CCN(c3ccccc3)CC2)CC1)C(=O)OC(C)(C)C. The van der Waals surface area contributed by atoms with Crippen molar-refractivity contribution in [2.24, 2.45) is 0 Å². The van der Waals surface area contributed by atoms with E-state index in [4.69, 9.17) is 4.74 Å². The van der Waals surface area contributed by atoms with Crippen molar-refractivity contribution in [1.82, 2.24) is 14.7 Å². The number of anilines is 1. The van der Waals surface area contributed by atoms with Crippen LogP contribution in [-0.2, 0) is 21.1 Å². The van der Waals surface area contributed by atoms with Gasteiger partial charge in [-0.05, 0) is 57.4 Å². The zero-order valence-corrected chi connectivity index (χ0v) is 24.4. The van der Waals surface area contributed by atoms with E-state index < -0.39 is 28.8 Å². The molecule has 0 spiro atoms. The maximum atomic E-state index is 13.6. The van der Waals surface area contributed by atoms with Crippen molar-refractivity contribution in [1.29, 1.82) is 0 Å². The summed E-state index contributed by atoms with van der Waals surface area (Å²) in [6.07, 6.45) is -4.13.